The SMILES string of the molecule is c1ccc(-c2sc3ccccc3c2-c2cccc(-c3c4ccccc4c(-c4ccc5ccccc5c4)c4ccccc34)c2)cc1. The third-order valence-corrected chi connectivity index (χ3v) is 10.3. The summed E-state index contributed by atoms with van der Waals surface area (Å²) in [5.41, 5.74) is 8.88. The summed E-state index contributed by atoms with van der Waals surface area (Å²) in [5, 5.41) is 8.93. The number of benzene rings is 8. The Labute approximate surface area is 266 Å². The Bertz CT molecular complexity index is 2480. The van der Waals surface area contributed by atoms with Crippen molar-refractivity contribution in [2.75, 3.05) is 0 Å². The molecule has 0 bridgehead atoms. The van der Waals surface area contributed by atoms with Gasteiger partial charge in [-0.2, -0.15) is 0 Å². The van der Waals surface area contributed by atoms with Crippen LogP contribution in [0.25, 0.3) is 86.2 Å². The maximum atomic E-state index is 2.41. The lowest BCUT2D eigenvalue weighted by molar-refractivity contribution is 1.64. The highest BCUT2D eigenvalue weighted by molar-refractivity contribution is 7.23. The highest BCUT2D eigenvalue weighted by Gasteiger charge is 2.19. The van der Waals surface area contributed by atoms with Crippen LogP contribution >= 0.6 is 11.3 Å². The zero-order valence-electron chi connectivity index (χ0n) is 24.6. The van der Waals surface area contributed by atoms with Crippen LogP contribution in [-0.4, -0.2) is 0 Å². The molecule has 0 aliphatic rings. The van der Waals surface area contributed by atoms with E-state index in [0.717, 1.165) is 0 Å². The first kappa shape index (κ1) is 25.9. The van der Waals surface area contributed by atoms with Gasteiger partial charge < -0.3 is 0 Å². The molecule has 0 aliphatic heterocycles. The smallest absolute Gasteiger partial charge is 0.0433 e. The van der Waals surface area contributed by atoms with E-state index in [1.54, 1.807) is 0 Å². The van der Waals surface area contributed by atoms with Crippen molar-refractivity contribution in [1.29, 1.82) is 0 Å². The Hall–Kier alpha value is -5.50. The van der Waals surface area contributed by atoms with Crippen LogP contribution in [-0.2, 0) is 0 Å². The maximum Gasteiger partial charge on any atom is 0.0433 e. The van der Waals surface area contributed by atoms with Crippen molar-refractivity contribution in [3.63, 3.8) is 0 Å². The minimum absolute atomic E-state index is 1.24. The normalized spacial score (nSPS) is 11.6. The van der Waals surface area contributed by atoms with Gasteiger partial charge in [-0.3, -0.25) is 0 Å². The molecular weight excluding hydrogens is 561 g/mol. The van der Waals surface area contributed by atoms with E-state index in [1.807, 2.05) is 11.3 Å². The van der Waals surface area contributed by atoms with Crippen molar-refractivity contribution in [3.8, 4) is 43.8 Å². The molecule has 45 heavy (non-hydrogen) atoms. The van der Waals surface area contributed by atoms with Gasteiger partial charge >= 0.3 is 0 Å². The summed E-state index contributed by atoms with van der Waals surface area (Å²) in [6.45, 7) is 0. The summed E-state index contributed by atoms with van der Waals surface area (Å²) < 4.78 is 1.31. The van der Waals surface area contributed by atoms with Gasteiger partial charge in [-0.15, -0.1) is 11.3 Å². The van der Waals surface area contributed by atoms with Gasteiger partial charge in [-0.1, -0.05) is 152 Å². The van der Waals surface area contributed by atoms with E-state index < -0.39 is 0 Å². The summed E-state index contributed by atoms with van der Waals surface area (Å²) in [6, 6.07) is 62.2. The molecule has 0 radical (unpaired) electrons. The molecule has 9 rings (SSSR count). The van der Waals surface area contributed by atoms with E-state index in [0.29, 0.717) is 0 Å². The van der Waals surface area contributed by atoms with Crippen LogP contribution in [0.15, 0.2) is 170 Å². The molecule has 0 saturated heterocycles. The van der Waals surface area contributed by atoms with Crippen molar-refractivity contribution < 1.29 is 0 Å². The third kappa shape index (κ3) is 4.28. The minimum Gasteiger partial charge on any atom is -0.135 e. The zero-order chi connectivity index (χ0) is 29.7. The summed E-state index contributed by atoms with van der Waals surface area (Å²) >= 11 is 1.88. The fraction of sp³-hybridized carbons (Fsp3) is 0. The van der Waals surface area contributed by atoms with E-state index in [1.165, 1.54) is 86.2 Å². The Morgan fingerprint density at radius 1 is 0.289 bits per heavy atom. The molecule has 0 spiro atoms. The van der Waals surface area contributed by atoms with E-state index >= 15 is 0 Å². The number of hydrogen-bond donors (Lipinski definition) is 0. The Kier molecular flexibility index (Phi) is 6.11. The predicted octanol–water partition coefficient (Wildman–Crippen LogP) is 13.0. The molecule has 0 fully saturated rings. The van der Waals surface area contributed by atoms with Gasteiger partial charge in [0.05, 0.1) is 0 Å². The molecule has 1 heteroatoms. The first-order chi connectivity index (χ1) is 22.3. The topological polar surface area (TPSA) is 0 Å². The molecule has 9 aromatic rings. The molecular formula is C44H28S. The zero-order valence-corrected chi connectivity index (χ0v) is 25.4. The fourth-order valence-electron chi connectivity index (χ4n) is 7.05. The van der Waals surface area contributed by atoms with Crippen LogP contribution in [0.4, 0.5) is 0 Å². The standard InChI is InChI=1S/C44H28S/c1-2-14-30(15-3-1)44-43(39-23-10-11-24-40(39)45-44)33-18-12-17-32(28-33)41-35-19-6-8-21-37(35)42(38-22-9-7-20-36(38)41)34-26-25-29-13-4-5-16-31(29)27-34/h1-28H. The number of rotatable bonds is 4. The van der Waals surface area contributed by atoms with Crippen molar-refractivity contribution in [1.82, 2.24) is 0 Å². The Morgan fingerprint density at radius 2 is 0.778 bits per heavy atom. The van der Waals surface area contributed by atoms with Gasteiger partial charge in [-0.05, 0) is 83.9 Å². The van der Waals surface area contributed by atoms with Gasteiger partial charge in [0, 0.05) is 20.5 Å². The van der Waals surface area contributed by atoms with E-state index in [2.05, 4.69) is 170 Å². The largest absolute Gasteiger partial charge is 0.135 e. The van der Waals surface area contributed by atoms with E-state index in [-0.39, 0.29) is 0 Å². The molecule has 0 aliphatic carbocycles. The summed E-state index contributed by atoms with van der Waals surface area (Å²) in [5.74, 6) is 0. The lowest BCUT2D eigenvalue weighted by Gasteiger charge is -2.18. The molecule has 0 atom stereocenters. The average Bonchev–Trinajstić information content (AvgIpc) is 3.51. The molecule has 0 nitrogen and oxygen atoms in total. The van der Waals surface area contributed by atoms with Gasteiger partial charge in [-0.25, -0.2) is 0 Å². The number of thiophene rings is 1. The lowest BCUT2D eigenvalue weighted by Crippen LogP contribution is -1.91. The number of hydrogen-bond acceptors (Lipinski definition) is 1. The molecule has 8 aromatic carbocycles. The summed E-state index contributed by atoms with van der Waals surface area (Å²) in [7, 11) is 0. The van der Waals surface area contributed by atoms with Crippen LogP contribution in [0.5, 0.6) is 0 Å². The highest BCUT2D eigenvalue weighted by atomic mass is 32.1. The first-order valence-electron chi connectivity index (χ1n) is 15.4. The lowest BCUT2D eigenvalue weighted by atomic mass is 9.85. The predicted molar refractivity (Wildman–Crippen MR) is 196 cm³/mol. The van der Waals surface area contributed by atoms with Gasteiger partial charge in [0.25, 0.3) is 0 Å². The van der Waals surface area contributed by atoms with Crippen LogP contribution < -0.4 is 0 Å². The average molecular weight is 589 g/mol. The van der Waals surface area contributed by atoms with Crippen molar-refractivity contribution in [3.05, 3.63) is 170 Å². The molecule has 210 valence electrons. The van der Waals surface area contributed by atoms with Crippen LogP contribution in [0.1, 0.15) is 0 Å². The Balaban J connectivity index is 1.32. The van der Waals surface area contributed by atoms with Crippen LogP contribution in [0.2, 0.25) is 0 Å². The second kappa shape index (κ2) is 10.6. The molecule has 0 saturated carbocycles. The van der Waals surface area contributed by atoms with Crippen molar-refractivity contribution >= 4 is 53.7 Å². The monoisotopic (exact) mass is 588 g/mol. The summed E-state index contributed by atoms with van der Waals surface area (Å²) in [4.78, 5) is 1.32. The second-order valence-electron chi connectivity index (χ2n) is 11.7. The molecule has 0 N–H and O–H groups in total. The Morgan fingerprint density at radius 3 is 1.44 bits per heavy atom. The molecule has 0 amide bonds. The van der Waals surface area contributed by atoms with Crippen molar-refractivity contribution in [2.24, 2.45) is 0 Å². The number of fused-ring (bicyclic) bond motifs is 4. The third-order valence-electron chi connectivity index (χ3n) is 9.04. The van der Waals surface area contributed by atoms with Crippen LogP contribution in [0.3, 0.4) is 0 Å². The summed E-state index contributed by atoms with van der Waals surface area (Å²) in [6.07, 6.45) is 0. The van der Waals surface area contributed by atoms with E-state index in [9.17, 15) is 0 Å². The van der Waals surface area contributed by atoms with Crippen LogP contribution in [0, 0.1) is 0 Å². The highest BCUT2D eigenvalue weighted by Crippen LogP contribution is 2.48. The molecule has 0 unspecified atom stereocenters. The molecule has 1 aromatic heterocycles. The second-order valence-corrected chi connectivity index (χ2v) is 12.7. The minimum atomic E-state index is 1.24. The van der Waals surface area contributed by atoms with Gasteiger partial charge in [0.1, 0.15) is 0 Å². The first-order valence-corrected chi connectivity index (χ1v) is 16.3. The van der Waals surface area contributed by atoms with Crippen molar-refractivity contribution in [2.45, 2.75) is 0 Å². The molecule has 1 heterocycles. The van der Waals surface area contributed by atoms with Gasteiger partial charge in [0.2, 0.25) is 0 Å². The maximum absolute atomic E-state index is 2.41. The van der Waals surface area contributed by atoms with Gasteiger partial charge in [0.15, 0.2) is 0 Å². The fourth-order valence-corrected chi connectivity index (χ4v) is 8.28. The van der Waals surface area contributed by atoms with E-state index in [4.69, 9.17) is 0 Å². The quantitative estimate of drug-likeness (QED) is 0.179.